The molecule has 0 bridgehead atoms. The second-order valence-electron chi connectivity index (χ2n) is 8.79. The molecule has 1 atom stereocenters. The number of aromatic nitrogens is 3. The first-order valence-corrected chi connectivity index (χ1v) is 11.6. The highest BCUT2D eigenvalue weighted by Crippen LogP contribution is 2.33. The number of halogens is 2. The minimum Gasteiger partial charge on any atom is -0.306 e. The first-order chi connectivity index (χ1) is 16.3. The van der Waals surface area contributed by atoms with Gasteiger partial charge in [-0.1, -0.05) is 17.7 Å². The lowest BCUT2D eigenvalue weighted by Crippen LogP contribution is -2.31. The molecule has 2 heterocycles. The molecule has 0 aliphatic heterocycles. The van der Waals surface area contributed by atoms with Gasteiger partial charge in [-0.2, -0.15) is 0 Å². The van der Waals surface area contributed by atoms with Gasteiger partial charge >= 0.3 is 0 Å². The molecule has 7 heteroatoms. The molecule has 1 aliphatic carbocycles. The number of fused-ring (bicyclic) bond motifs is 1. The predicted octanol–water partition coefficient (Wildman–Crippen LogP) is 5.60. The second kappa shape index (κ2) is 8.69. The van der Waals surface area contributed by atoms with Crippen LogP contribution in [0, 0.1) is 19.7 Å². The van der Waals surface area contributed by atoms with E-state index in [0.29, 0.717) is 12.0 Å². The maximum atomic E-state index is 14.0. The molecule has 0 amide bonds. The number of hydrogen-bond donors (Lipinski definition) is 0. The van der Waals surface area contributed by atoms with Gasteiger partial charge in [0, 0.05) is 23.6 Å². The number of imidazole rings is 1. The van der Waals surface area contributed by atoms with Gasteiger partial charge in [0.1, 0.15) is 5.82 Å². The summed E-state index contributed by atoms with van der Waals surface area (Å²) in [6.07, 6.45) is 7.53. The summed E-state index contributed by atoms with van der Waals surface area (Å²) in [5.74, 6) is -0.742. The van der Waals surface area contributed by atoms with Crippen LogP contribution in [0.4, 0.5) is 4.39 Å². The van der Waals surface area contributed by atoms with Crippen LogP contribution in [0.3, 0.4) is 0 Å². The van der Waals surface area contributed by atoms with Crippen LogP contribution < -0.4 is 5.56 Å². The molecule has 0 N–H and O–H groups in total. The smallest absolute Gasteiger partial charge is 0.262 e. The molecule has 0 saturated carbocycles. The van der Waals surface area contributed by atoms with E-state index in [1.165, 1.54) is 22.8 Å². The van der Waals surface area contributed by atoms with Gasteiger partial charge in [-0.3, -0.25) is 9.59 Å². The molecule has 0 saturated heterocycles. The van der Waals surface area contributed by atoms with E-state index in [2.05, 4.69) is 4.98 Å². The minimum absolute atomic E-state index is 0.00153. The largest absolute Gasteiger partial charge is 0.306 e. The molecule has 4 aromatic rings. The van der Waals surface area contributed by atoms with Crippen molar-refractivity contribution < 1.29 is 9.18 Å². The Morgan fingerprint density at radius 2 is 1.94 bits per heavy atom. The number of aryl methyl sites for hydroxylation is 3. The molecule has 2 aromatic heterocycles. The van der Waals surface area contributed by atoms with E-state index in [0.717, 1.165) is 40.9 Å². The van der Waals surface area contributed by atoms with Crippen molar-refractivity contribution in [2.24, 2.45) is 0 Å². The Hall–Kier alpha value is -3.51. The van der Waals surface area contributed by atoms with E-state index in [9.17, 15) is 14.0 Å². The number of hydrogen-bond acceptors (Lipinski definition) is 3. The number of carbonyl (C=O) groups is 1. The maximum absolute atomic E-state index is 14.0. The van der Waals surface area contributed by atoms with Gasteiger partial charge in [0.15, 0.2) is 5.78 Å². The summed E-state index contributed by atoms with van der Waals surface area (Å²) in [4.78, 5) is 31.1. The zero-order valence-corrected chi connectivity index (χ0v) is 19.6. The summed E-state index contributed by atoms with van der Waals surface area (Å²) < 4.78 is 17.4. The topological polar surface area (TPSA) is 56.9 Å². The molecule has 2 aromatic carbocycles. The summed E-state index contributed by atoms with van der Waals surface area (Å²) in [6, 6.07) is 11.0. The van der Waals surface area contributed by atoms with Crippen molar-refractivity contribution in [1.82, 2.24) is 14.1 Å². The van der Waals surface area contributed by atoms with Crippen molar-refractivity contribution in [3.63, 3.8) is 0 Å². The number of benzene rings is 2. The average Bonchev–Trinajstić information content (AvgIpc) is 3.25. The first-order valence-electron chi connectivity index (χ1n) is 11.2. The zero-order chi connectivity index (χ0) is 24.0. The highest BCUT2D eigenvalue weighted by Gasteiger charge is 2.26. The summed E-state index contributed by atoms with van der Waals surface area (Å²) in [7, 11) is 0. The number of ketones is 1. The average molecular weight is 476 g/mol. The molecule has 172 valence electrons. The Morgan fingerprint density at radius 3 is 2.68 bits per heavy atom. The number of pyridine rings is 1. The Morgan fingerprint density at radius 1 is 1.12 bits per heavy atom. The molecule has 1 unspecified atom stereocenters. The third-order valence-electron chi connectivity index (χ3n) is 6.43. The van der Waals surface area contributed by atoms with Crippen LogP contribution in [0.15, 0.2) is 66.0 Å². The van der Waals surface area contributed by atoms with Crippen LogP contribution in [0.5, 0.6) is 0 Å². The van der Waals surface area contributed by atoms with Crippen molar-refractivity contribution in [3.05, 3.63) is 116 Å². The fraction of sp³-hybridized carbons (Fsp3) is 0.222. The Bertz CT molecular complexity index is 1490. The maximum Gasteiger partial charge on any atom is 0.262 e. The SMILES string of the molecule is Cc1cn(-c2ccc(C(=O)c3cc(Cl)cn(C4CCCc5ccc(F)cc54)c3=O)cc2C)cn1. The quantitative estimate of drug-likeness (QED) is 0.361. The summed E-state index contributed by atoms with van der Waals surface area (Å²) >= 11 is 6.37. The minimum atomic E-state index is -0.427. The van der Waals surface area contributed by atoms with E-state index in [-0.39, 0.29) is 22.4 Å². The fourth-order valence-corrected chi connectivity index (χ4v) is 5.00. The number of carbonyl (C=O) groups excluding carboxylic acids is 1. The van der Waals surface area contributed by atoms with Gasteiger partial charge in [-0.15, -0.1) is 0 Å². The van der Waals surface area contributed by atoms with Crippen LogP contribution in [0.2, 0.25) is 5.02 Å². The van der Waals surface area contributed by atoms with E-state index >= 15 is 0 Å². The molecule has 0 fully saturated rings. The van der Waals surface area contributed by atoms with E-state index < -0.39 is 11.3 Å². The van der Waals surface area contributed by atoms with Crippen molar-refractivity contribution in [2.45, 2.75) is 39.2 Å². The van der Waals surface area contributed by atoms with Gasteiger partial charge < -0.3 is 9.13 Å². The van der Waals surface area contributed by atoms with Crippen molar-refractivity contribution >= 4 is 17.4 Å². The van der Waals surface area contributed by atoms with Crippen LogP contribution >= 0.6 is 11.6 Å². The molecule has 34 heavy (non-hydrogen) atoms. The Labute approximate surface area is 201 Å². The van der Waals surface area contributed by atoms with Crippen molar-refractivity contribution in [2.75, 3.05) is 0 Å². The van der Waals surface area contributed by atoms with Gasteiger partial charge in [-0.25, -0.2) is 9.37 Å². The van der Waals surface area contributed by atoms with Crippen molar-refractivity contribution in [3.8, 4) is 5.69 Å². The molecular formula is C27H23ClFN3O2. The van der Waals surface area contributed by atoms with Gasteiger partial charge in [0.25, 0.3) is 5.56 Å². The number of rotatable bonds is 4. The molecule has 5 rings (SSSR count). The zero-order valence-electron chi connectivity index (χ0n) is 18.9. The van der Waals surface area contributed by atoms with Crippen LogP contribution in [-0.4, -0.2) is 19.9 Å². The Kier molecular flexibility index (Phi) is 5.70. The monoisotopic (exact) mass is 475 g/mol. The fourth-order valence-electron chi connectivity index (χ4n) is 4.79. The van der Waals surface area contributed by atoms with E-state index in [1.54, 1.807) is 30.7 Å². The molecule has 5 nitrogen and oxygen atoms in total. The van der Waals surface area contributed by atoms with Crippen LogP contribution in [0.25, 0.3) is 5.69 Å². The van der Waals surface area contributed by atoms with Gasteiger partial charge in [0.2, 0.25) is 0 Å². The second-order valence-corrected chi connectivity index (χ2v) is 9.22. The highest BCUT2D eigenvalue weighted by molar-refractivity contribution is 6.31. The predicted molar refractivity (Wildman–Crippen MR) is 130 cm³/mol. The number of nitrogens with zero attached hydrogens (tertiary/aromatic N) is 3. The van der Waals surface area contributed by atoms with E-state index in [1.807, 2.05) is 30.7 Å². The van der Waals surface area contributed by atoms with E-state index in [4.69, 9.17) is 11.6 Å². The summed E-state index contributed by atoms with van der Waals surface area (Å²) in [6.45, 7) is 3.82. The first kappa shape index (κ1) is 22.3. The third kappa shape index (κ3) is 3.99. The van der Waals surface area contributed by atoms with Crippen LogP contribution in [0.1, 0.15) is 57.2 Å². The summed E-state index contributed by atoms with van der Waals surface area (Å²) in [5, 5.41) is 0.286. The van der Waals surface area contributed by atoms with Crippen molar-refractivity contribution in [1.29, 1.82) is 0 Å². The standard InChI is InChI=1S/C27H23ClFN3O2/c1-16-10-19(7-9-24(16)31-13-17(2)30-15-31)26(33)23-11-20(28)14-32(27(23)34)25-5-3-4-18-6-8-21(29)12-22(18)25/h6-15,25H,3-5H2,1-2H3. The lowest BCUT2D eigenvalue weighted by Gasteiger charge is -2.28. The molecule has 0 radical (unpaired) electrons. The lowest BCUT2D eigenvalue weighted by atomic mass is 9.87. The molecular weight excluding hydrogens is 453 g/mol. The third-order valence-corrected chi connectivity index (χ3v) is 6.64. The Balaban J connectivity index is 1.55. The molecule has 1 aliphatic rings. The van der Waals surface area contributed by atoms with Gasteiger partial charge in [-0.05, 0) is 86.2 Å². The highest BCUT2D eigenvalue weighted by atomic mass is 35.5. The summed E-state index contributed by atoms with van der Waals surface area (Å²) in [5.41, 5.74) is 4.43. The normalized spacial score (nSPS) is 15.2. The molecule has 0 spiro atoms. The lowest BCUT2D eigenvalue weighted by molar-refractivity contribution is 0.103. The van der Waals surface area contributed by atoms with Crippen LogP contribution in [-0.2, 0) is 6.42 Å². The van der Waals surface area contributed by atoms with Gasteiger partial charge in [0.05, 0.1) is 28.6 Å².